The van der Waals surface area contributed by atoms with Crippen LogP contribution in [0.4, 0.5) is 5.82 Å². The normalized spacial score (nSPS) is 11.5. The van der Waals surface area contributed by atoms with Crippen molar-refractivity contribution in [2.24, 2.45) is 0 Å². The van der Waals surface area contributed by atoms with E-state index < -0.39 is 18.0 Å². The van der Waals surface area contributed by atoms with Crippen LogP contribution in [0.5, 0.6) is 5.75 Å². The van der Waals surface area contributed by atoms with Gasteiger partial charge in [-0.25, -0.2) is 9.78 Å². The lowest BCUT2D eigenvalue weighted by atomic mass is 10.2. The van der Waals surface area contributed by atoms with E-state index in [-0.39, 0.29) is 16.4 Å². The number of carbonyl (C=O) groups excluding carboxylic acids is 2. The summed E-state index contributed by atoms with van der Waals surface area (Å²) in [6.07, 6.45) is 0.286. The Balaban J connectivity index is 2.04. The minimum atomic E-state index is -1.06. The Hall–Kier alpha value is -2.31. The Morgan fingerprint density at radius 1 is 1.28 bits per heavy atom. The number of aromatic nitrogens is 1. The summed E-state index contributed by atoms with van der Waals surface area (Å²) in [7, 11) is 0. The molecule has 0 aliphatic carbocycles. The van der Waals surface area contributed by atoms with Gasteiger partial charge in [0.05, 0.1) is 16.7 Å². The van der Waals surface area contributed by atoms with Gasteiger partial charge in [0.1, 0.15) is 11.3 Å². The molecule has 6 nitrogen and oxygen atoms in total. The number of amides is 1. The summed E-state index contributed by atoms with van der Waals surface area (Å²) in [4.78, 5) is 28.4. The minimum Gasteiger partial charge on any atom is -0.493 e. The minimum absolute atomic E-state index is 0.133. The van der Waals surface area contributed by atoms with Crippen molar-refractivity contribution in [3.05, 3.63) is 52.1 Å². The first-order chi connectivity index (χ1) is 11.9. The van der Waals surface area contributed by atoms with E-state index in [4.69, 9.17) is 32.7 Å². The molecule has 1 atom stereocenters. The standard InChI is InChI=1S/C17H16Cl2N2O4/c1-3-24-14-7-5-4-6-12(14)17(23)25-10(2)16(22)21-15-13(19)8-11(18)9-20-15/h4-10H,3H2,1-2H3,(H,20,21,22)/t10-/m1/s1. The van der Waals surface area contributed by atoms with Crippen LogP contribution in [0, 0.1) is 0 Å². The van der Waals surface area contributed by atoms with Gasteiger partial charge in [0.2, 0.25) is 0 Å². The van der Waals surface area contributed by atoms with Crippen molar-refractivity contribution in [2.45, 2.75) is 20.0 Å². The van der Waals surface area contributed by atoms with Crippen LogP contribution in [0.25, 0.3) is 0 Å². The Labute approximate surface area is 155 Å². The smallest absolute Gasteiger partial charge is 0.342 e. The number of rotatable bonds is 6. The molecule has 0 bridgehead atoms. The molecule has 0 aliphatic rings. The van der Waals surface area contributed by atoms with Crippen LogP contribution in [0.1, 0.15) is 24.2 Å². The number of ether oxygens (including phenoxy) is 2. The summed E-state index contributed by atoms with van der Waals surface area (Å²) in [6.45, 7) is 3.66. The highest BCUT2D eigenvalue weighted by atomic mass is 35.5. The predicted octanol–water partition coefficient (Wildman–Crippen LogP) is 3.97. The molecule has 0 aliphatic heterocycles. The lowest BCUT2D eigenvalue weighted by Gasteiger charge is -2.15. The van der Waals surface area contributed by atoms with E-state index in [1.54, 1.807) is 31.2 Å². The predicted molar refractivity (Wildman–Crippen MR) is 95.4 cm³/mol. The lowest BCUT2D eigenvalue weighted by molar-refractivity contribution is -0.123. The molecule has 0 unspecified atom stereocenters. The Kier molecular flexibility index (Phi) is 6.61. The van der Waals surface area contributed by atoms with Gasteiger partial charge in [-0.3, -0.25) is 4.79 Å². The molecule has 1 heterocycles. The molecular formula is C17H16Cl2N2O4. The second-order valence-electron chi connectivity index (χ2n) is 4.95. The fraction of sp³-hybridized carbons (Fsp3) is 0.235. The van der Waals surface area contributed by atoms with Crippen molar-refractivity contribution in [3.63, 3.8) is 0 Å². The molecule has 1 aromatic heterocycles. The van der Waals surface area contributed by atoms with E-state index in [1.165, 1.54) is 19.2 Å². The number of pyridine rings is 1. The maximum Gasteiger partial charge on any atom is 0.342 e. The van der Waals surface area contributed by atoms with E-state index in [0.717, 1.165) is 0 Å². The largest absolute Gasteiger partial charge is 0.493 e. The van der Waals surface area contributed by atoms with Gasteiger partial charge in [0.15, 0.2) is 11.9 Å². The number of halogens is 2. The van der Waals surface area contributed by atoms with Crippen molar-refractivity contribution in [1.29, 1.82) is 0 Å². The van der Waals surface area contributed by atoms with Crippen LogP contribution in [0.2, 0.25) is 10.0 Å². The highest BCUT2D eigenvalue weighted by Gasteiger charge is 2.22. The van der Waals surface area contributed by atoms with E-state index in [1.807, 2.05) is 0 Å². The van der Waals surface area contributed by atoms with Crippen molar-refractivity contribution in [1.82, 2.24) is 4.98 Å². The molecule has 0 fully saturated rings. The molecule has 0 spiro atoms. The number of esters is 1. The molecule has 0 saturated heterocycles. The van der Waals surface area contributed by atoms with Gasteiger partial charge in [-0.2, -0.15) is 0 Å². The fourth-order valence-corrected chi connectivity index (χ4v) is 2.35. The maximum atomic E-state index is 12.3. The lowest BCUT2D eigenvalue weighted by Crippen LogP contribution is -2.30. The molecular weight excluding hydrogens is 367 g/mol. The number of para-hydroxylation sites is 1. The molecule has 8 heteroatoms. The summed E-state index contributed by atoms with van der Waals surface area (Å²) < 4.78 is 10.6. The second-order valence-corrected chi connectivity index (χ2v) is 5.79. The van der Waals surface area contributed by atoms with Crippen molar-refractivity contribution < 1.29 is 19.1 Å². The summed E-state index contributed by atoms with van der Waals surface area (Å²) in [5.41, 5.74) is 0.242. The van der Waals surface area contributed by atoms with Crippen molar-refractivity contribution >= 4 is 40.9 Å². The monoisotopic (exact) mass is 382 g/mol. The van der Waals surface area contributed by atoms with E-state index >= 15 is 0 Å². The van der Waals surface area contributed by atoms with E-state index in [2.05, 4.69) is 10.3 Å². The van der Waals surface area contributed by atoms with Crippen molar-refractivity contribution in [3.8, 4) is 5.75 Å². The summed E-state index contributed by atoms with van der Waals surface area (Å²) >= 11 is 11.7. The molecule has 2 aromatic rings. The number of carbonyl (C=O) groups is 2. The van der Waals surface area contributed by atoms with Crippen molar-refractivity contribution in [2.75, 3.05) is 11.9 Å². The first-order valence-electron chi connectivity index (χ1n) is 7.47. The third-order valence-corrected chi connectivity index (χ3v) is 3.60. The van der Waals surface area contributed by atoms with Crippen LogP contribution in [-0.2, 0) is 9.53 Å². The number of hydrogen-bond acceptors (Lipinski definition) is 5. The van der Waals surface area contributed by atoms with Crippen LogP contribution in [0.15, 0.2) is 36.5 Å². The average molecular weight is 383 g/mol. The molecule has 25 heavy (non-hydrogen) atoms. The van der Waals surface area contributed by atoms with Gasteiger partial charge in [-0.05, 0) is 32.0 Å². The number of hydrogen-bond donors (Lipinski definition) is 1. The Morgan fingerprint density at radius 2 is 2.00 bits per heavy atom. The highest BCUT2D eigenvalue weighted by molar-refractivity contribution is 6.36. The number of benzene rings is 1. The quantitative estimate of drug-likeness (QED) is 0.764. The first-order valence-corrected chi connectivity index (χ1v) is 8.22. The van der Waals surface area contributed by atoms with Gasteiger partial charge in [0.25, 0.3) is 5.91 Å². The van der Waals surface area contributed by atoms with E-state index in [0.29, 0.717) is 17.4 Å². The fourth-order valence-electron chi connectivity index (χ4n) is 1.92. The molecule has 1 N–H and O–H groups in total. The maximum absolute atomic E-state index is 12.3. The zero-order valence-corrected chi connectivity index (χ0v) is 15.1. The molecule has 132 valence electrons. The van der Waals surface area contributed by atoms with Crippen LogP contribution in [-0.4, -0.2) is 29.6 Å². The summed E-state index contributed by atoms with van der Waals surface area (Å²) in [6, 6.07) is 8.09. The molecule has 1 amide bonds. The number of anilines is 1. The third kappa shape index (κ3) is 5.08. The molecule has 1 aromatic carbocycles. The molecule has 0 radical (unpaired) electrons. The van der Waals surface area contributed by atoms with Gasteiger partial charge in [-0.15, -0.1) is 0 Å². The summed E-state index contributed by atoms with van der Waals surface area (Å²) in [5.74, 6) is -0.709. The first kappa shape index (κ1) is 19.0. The average Bonchev–Trinajstić information content (AvgIpc) is 2.58. The van der Waals surface area contributed by atoms with Crippen LogP contribution < -0.4 is 10.1 Å². The Bertz CT molecular complexity index is 783. The van der Waals surface area contributed by atoms with Crippen LogP contribution >= 0.6 is 23.2 Å². The zero-order valence-electron chi connectivity index (χ0n) is 13.6. The molecule has 0 saturated carbocycles. The molecule has 2 rings (SSSR count). The SMILES string of the molecule is CCOc1ccccc1C(=O)O[C@H](C)C(=O)Nc1ncc(Cl)cc1Cl. The zero-order chi connectivity index (χ0) is 18.4. The van der Waals surface area contributed by atoms with Gasteiger partial charge in [-0.1, -0.05) is 35.3 Å². The van der Waals surface area contributed by atoms with Gasteiger partial charge >= 0.3 is 5.97 Å². The number of nitrogens with zero attached hydrogens (tertiary/aromatic N) is 1. The second kappa shape index (κ2) is 8.69. The van der Waals surface area contributed by atoms with Gasteiger partial charge in [0, 0.05) is 6.20 Å². The number of nitrogens with one attached hydrogen (secondary N) is 1. The van der Waals surface area contributed by atoms with Gasteiger partial charge < -0.3 is 14.8 Å². The van der Waals surface area contributed by atoms with Crippen LogP contribution in [0.3, 0.4) is 0 Å². The topological polar surface area (TPSA) is 77.5 Å². The third-order valence-electron chi connectivity index (χ3n) is 3.11. The Morgan fingerprint density at radius 3 is 2.68 bits per heavy atom. The highest BCUT2D eigenvalue weighted by Crippen LogP contribution is 2.23. The van der Waals surface area contributed by atoms with E-state index in [9.17, 15) is 9.59 Å². The summed E-state index contributed by atoms with van der Waals surface area (Å²) in [5, 5.41) is 3.01.